The topological polar surface area (TPSA) is 60.0 Å². The average molecular weight is 223 g/mol. The van der Waals surface area contributed by atoms with Crippen LogP contribution in [0.5, 0.6) is 17.2 Å². The van der Waals surface area contributed by atoms with E-state index in [1.165, 1.54) is 0 Å². The van der Waals surface area contributed by atoms with Crippen LogP contribution in [0.2, 0.25) is 0 Å². The largest absolute Gasteiger partial charge is 0.493 e. The van der Waals surface area contributed by atoms with E-state index < -0.39 is 6.10 Å². The van der Waals surface area contributed by atoms with E-state index in [1.807, 2.05) is 6.07 Å². The molecule has 86 valence electrons. The van der Waals surface area contributed by atoms with Crippen LogP contribution in [0.4, 0.5) is 0 Å². The van der Waals surface area contributed by atoms with Gasteiger partial charge in [0.2, 0.25) is 12.5 Å². The number of hydrogen-bond donors (Lipinski definition) is 2. The smallest absolute Gasteiger partial charge is 0.231 e. The quantitative estimate of drug-likeness (QED) is 0.728. The summed E-state index contributed by atoms with van der Waals surface area (Å²) in [6, 6.07) is 1.83. The summed E-state index contributed by atoms with van der Waals surface area (Å²) in [7, 11) is 1.58. The highest BCUT2D eigenvalue weighted by molar-refractivity contribution is 5.61. The van der Waals surface area contributed by atoms with E-state index >= 15 is 0 Å². The summed E-state index contributed by atoms with van der Waals surface area (Å²) >= 11 is 0. The number of fused-ring (bicyclic) bond motifs is 3. The van der Waals surface area contributed by atoms with Crippen molar-refractivity contribution in [3.63, 3.8) is 0 Å². The SMILES string of the molecule is COc1cc2c(c3c1OCO3)CNC[C@@H]2O. The maximum atomic E-state index is 9.90. The first-order valence-corrected chi connectivity index (χ1v) is 5.19. The lowest BCUT2D eigenvalue weighted by Crippen LogP contribution is -2.28. The van der Waals surface area contributed by atoms with Crippen LogP contribution in [0.1, 0.15) is 17.2 Å². The van der Waals surface area contributed by atoms with Gasteiger partial charge in [-0.2, -0.15) is 0 Å². The van der Waals surface area contributed by atoms with Gasteiger partial charge < -0.3 is 24.6 Å². The molecule has 0 radical (unpaired) electrons. The van der Waals surface area contributed by atoms with Crippen LogP contribution in [0, 0.1) is 0 Å². The number of benzene rings is 1. The maximum absolute atomic E-state index is 9.90. The zero-order valence-electron chi connectivity index (χ0n) is 8.95. The molecule has 1 atom stereocenters. The summed E-state index contributed by atoms with van der Waals surface area (Å²) in [6.45, 7) is 1.44. The van der Waals surface area contributed by atoms with Gasteiger partial charge in [-0.15, -0.1) is 0 Å². The van der Waals surface area contributed by atoms with Crippen molar-refractivity contribution >= 4 is 0 Å². The molecule has 2 heterocycles. The van der Waals surface area contributed by atoms with Crippen molar-refractivity contribution in [2.45, 2.75) is 12.6 Å². The van der Waals surface area contributed by atoms with Crippen molar-refractivity contribution in [3.05, 3.63) is 17.2 Å². The molecule has 0 bridgehead atoms. The van der Waals surface area contributed by atoms with Gasteiger partial charge in [0, 0.05) is 18.7 Å². The molecular formula is C11H13NO4. The Morgan fingerprint density at radius 2 is 2.25 bits per heavy atom. The molecule has 2 aliphatic heterocycles. The number of aliphatic hydroxyl groups is 1. The second-order valence-corrected chi connectivity index (χ2v) is 3.86. The molecule has 0 fully saturated rings. The van der Waals surface area contributed by atoms with E-state index in [9.17, 15) is 5.11 Å². The molecule has 0 saturated carbocycles. The van der Waals surface area contributed by atoms with Gasteiger partial charge >= 0.3 is 0 Å². The summed E-state index contributed by atoms with van der Waals surface area (Å²) in [5.41, 5.74) is 1.83. The molecule has 1 aromatic rings. The summed E-state index contributed by atoms with van der Waals surface area (Å²) < 4.78 is 16.0. The molecular weight excluding hydrogens is 210 g/mol. The Balaban J connectivity index is 2.21. The van der Waals surface area contributed by atoms with Crippen LogP contribution < -0.4 is 19.5 Å². The predicted octanol–water partition coefficient (Wildman–Crippen LogP) is 0.560. The fourth-order valence-electron chi connectivity index (χ4n) is 2.19. The van der Waals surface area contributed by atoms with Crippen LogP contribution in [0.25, 0.3) is 0 Å². The second-order valence-electron chi connectivity index (χ2n) is 3.86. The van der Waals surface area contributed by atoms with E-state index in [4.69, 9.17) is 14.2 Å². The molecule has 2 N–H and O–H groups in total. The molecule has 5 heteroatoms. The van der Waals surface area contributed by atoms with Crippen LogP contribution in [-0.2, 0) is 6.54 Å². The number of ether oxygens (including phenoxy) is 3. The van der Waals surface area contributed by atoms with Crippen molar-refractivity contribution in [2.24, 2.45) is 0 Å². The Morgan fingerprint density at radius 3 is 3.06 bits per heavy atom. The standard InChI is InChI=1S/C11H13NO4/c1-14-9-2-6-7(3-12-4-8(6)13)10-11(9)16-5-15-10/h2,8,12-13H,3-5H2,1H3/t8-/m0/s1. The zero-order valence-corrected chi connectivity index (χ0v) is 8.95. The van der Waals surface area contributed by atoms with Gasteiger partial charge in [-0.05, 0) is 11.6 Å². The Hall–Kier alpha value is -1.46. The third-order valence-electron chi connectivity index (χ3n) is 2.96. The highest BCUT2D eigenvalue weighted by Crippen LogP contribution is 2.47. The van der Waals surface area contributed by atoms with Gasteiger partial charge in [-0.25, -0.2) is 0 Å². The molecule has 0 unspecified atom stereocenters. The van der Waals surface area contributed by atoms with E-state index in [-0.39, 0.29) is 6.79 Å². The lowest BCUT2D eigenvalue weighted by Gasteiger charge is -2.24. The van der Waals surface area contributed by atoms with E-state index in [1.54, 1.807) is 7.11 Å². The zero-order chi connectivity index (χ0) is 11.1. The van der Waals surface area contributed by atoms with Crippen LogP contribution in [0.3, 0.4) is 0 Å². The fraction of sp³-hybridized carbons (Fsp3) is 0.455. The Morgan fingerprint density at radius 1 is 1.44 bits per heavy atom. The molecule has 0 spiro atoms. The average Bonchev–Trinajstić information content (AvgIpc) is 2.78. The number of β-amino-alcohol motifs (C(OH)–C–C–N with tert-alkyl or cyclic N) is 1. The van der Waals surface area contributed by atoms with Crippen molar-refractivity contribution in [2.75, 3.05) is 20.4 Å². The van der Waals surface area contributed by atoms with Crippen molar-refractivity contribution in [1.82, 2.24) is 5.32 Å². The highest BCUT2D eigenvalue weighted by Gasteiger charge is 2.30. The minimum Gasteiger partial charge on any atom is -0.493 e. The lowest BCUT2D eigenvalue weighted by atomic mass is 9.97. The number of hydrogen-bond acceptors (Lipinski definition) is 5. The molecule has 1 aromatic carbocycles. The van der Waals surface area contributed by atoms with Crippen LogP contribution >= 0.6 is 0 Å². The van der Waals surface area contributed by atoms with E-state index in [2.05, 4.69) is 5.32 Å². The van der Waals surface area contributed by atoms with E-state index in [0.29, 0.717) is 30.3 Å². The minimum absolute atomic E-state index is 0.207. The number of methoxy groups -OCH3 is 1. The predicted molar refractivity (Wildman–Crippen MR) is 55.8 cm³/mol. The van der Waals surface area contributed by atoms with Gasteiger partial charge in [0.1, 0.15) is 0 Å². The van der Waals surface area contributed by atoms with Gasteiger partial charge in [-0.1, -0.05) is 0 Å². The first kappa shape index (κ1) is 9.74. The molecule has 0 saturated heterocycles. The molecule has 0 aromatic heterocycles. The molecule has 3 rings (SSSR count). The second kappa shape index (κ2) is 3.54. The van der Waals surface area contributed by atoms with Crippen molar-refractivity contribution in [3.8, 4) is 17.2 Å². The Kier molecular flexibility index (Phi) is 2.15. The van der Waals surface area contributed by atoms with Gasteiger partial charge in [0.25, 0.3) is 0 Å². The van der Waals surface area contributed by atoms with Gasteiger partial charge in [0.15, 0.2) is 11.5 Å². The monoisotopic (exact) mass is 223 g/mol. The van der Waals surface area contributed by atoms with Crippen molar-refractivity contribution < 1.29 is 19.3 Å². The summed E-state index contributed by atoms with van der Waals surface area (Å²) in [4.78, 5) is 0. The summed E-state index contributed by atoms with van der Waals surface area (Å²) in [5.74, 6) is 1.95. The van der Waals surface area contributed by atoms with Gasteiger partial charge in [-0.3, -0.25) is 0 Å². The van der Waals surface area contributed by atoms with E-state index in [0.717, 1.165) is 11.1 Å². The Bertz CT molecular complexity index is 432. The molecule has 0 amide bonds. The number of nitrogens with one attached hydrogen (secondary N) is 1. The minimum atomic E-state index is -0.521. The third kappa shape index (κ3) is 1.25. The van der Waals surface area contributed by atoms with Gasteiger partial charge in [0.05, 0.1) is 13.2 Å². The molecule has 5 nitrogen and oxygen atoms in total. The lowest BCUT2D eigenvalue weighted by molar-refractivity contribution is 0.160. The number of aliphatic hydroxyl groups excluding tert-OH is 1. The Labute approximate surface area is 92.9 Å². The van der Waals surface area contributed by atoms with Crippen LogP contribution in [-0.4, -0.2) is 25.6 Å². The third-order valence-corrected chi connectivity index (χ3v) is 2.96. The molecule has 2 aliphatic rings. The van der Waals surface area contributed by atoms with Crippen molar-refractivity contribution in [1.29, 1.82) is 0 Å². The maximum Gasteiger partial charge on any atom is 0.231 e. The molecule has 0 aliphatic carbocycles. The normalized spacial score (nSPS) is 21.8. The first-order valence-electron chi connectivity index (χ1n) is 5.19. The summed E-state index contributed by atoms with van der Waals surface area (Å²) in [5, 5.41) is 13.0. The highest BCUT2D eigenvalue weighted by atomic mass is 16.7. The first-order chi connectivity index (χ1) is 7.81. The number of rotatable bonds is 1. The van der Waals surface area contributed by atoms with Crippen LogP contribution in [0.15, 0.2) is 6.07 Å². The fourth-order valence-corrected chi connectivity index (χ4v) is 2.19. The molecule has 16 heavy (non-hydrogen) atoms. The summed E-state index contributed by atoms with van der Waals surface area (Å²) in [6.07, 6.45) is -0.521.